The summed E-state index contributed by atoms with van der Waals surface area (Å²) in [6, 6.07) is 12.5. The van der Waals surface area contributed by atoms with Crippen LogP contribution < -0.4 is 4.72 Å². The first-order valence-corrected chi connectivity index (χ1v) is 8.99. The molecule has 0 radical (unpaired) electrons. The van der Waals surface area contributed by atoms with Crippen LogP contribution in [0.1, 0.15) is 0 Å². The van der Waals surface area contributed by atoms with E-state index in [1.165, 1.54) is 0 Å². The van der Waals surface area contributed by atoms with Crippen LogP contribution in [0.4, 0.5) is 0 Å². The summed E-state index contributed by atoms with van der Waals surface area (Å²) in [7, 11) is -4.58. The van der Waals surface area contributed by atoms with Crippen molar-refractivity contribution < 1.29 is 12.6 Å². The Morgan fingerprint density at radius 3 is 2.53 bits per heavy atom. The molecule has 0 amide bonds. The van der Waals surface area contributed by atoms with E-state index in [0.717, 1.165) is 5.39 Å². The van der Waals surface area contributed by atoms with Crippen molar-refractivity contribution in [3.8, 4) is 0 Å². The Kier molecular flexibility index (Phi) is 4.34. The van der Waals surface area contributed by atoms with Crippen LogP contribution in [-0.4, -0.2) is 31.2 Å². The van der Waals surface area contributed by atoms with Crippen LogP contribution in [0.2, 0.25) is 0 Å². The minimum Gasteiger partial charge on any atom is -0.260 e. The third-order valence-corrected chi connectivity index (χ3v) is 5.02. The molecule has 0 heterocycles. The first-order valence-electron chi connectivity index (χ1n) is 5.78. The molecule has 0 aliphatic carbocycles. The molecule has 0 aliphatic rings. The largest absolute Gasteiger partial charge is 0.260 e. The zero-order valence-electron chi connectivity index (χ0n) is 10.5. The van der Waals surface area contributed by atoms with Gasteiger partial charge in [0.05, 0.1) is 4.90 Å². The minimum atomic E-state index is -3.57. The number of hydrogen-bond acceptors (Lipinski definition) is 3. The van der Waals surface area contributed by atoms with Gasteiger partial charge in [-0.1, -0.05) is 36.4 Å². The molecule has 0 unspecified atom stereocenters. The fourth-order valence-corrected chi connectivity index (χ4v) is 3.61. The van der Waals surface area contributed by atoms with Crippen LogP contribution in [0.25, 0.3) is 10.8 Å². The standard InChI is InChI=1S/C13H15NO3S2/c1-18(15)10-9-14-19(16,17)13-8-4-6-11-5-2-3-7-12(11)13/h2-8,14H,9-10H2,1H3/t18-/m1/s1. The summed E-state index contributed by atoms with van der Waals surface area (Å²) in [6.45, 7) is 0.175. The van der Waals surface area contributed by atoms with Crippen LogP contribution in [-0.2, 0) is 20.8 Å². The van der Waals surface area contributed by atoms with Gasteiger partial charge in [-0.05, 0) is 11.5 Å². The third kappa shape index (κ3) is 3.40. The summed E-state index contributed by atoms with van der Waals surface area (Å²) in [6.07, 6.45) is 1.55. The Morgan fingerprint density at radius 2 is 1.79 bits per heavy atom. The highest BCUT2D eigenvalue weighted by atomic mass is 32.2. The molecule has 0 spiro atoms. The molecule has 0 aromatic heterocycles. The normalized spacial score (nSPS) is 13.5. The van der Waals surface area contributed by atoms with Gasteiger partial charge in [-0.25, -0.2) is 13.1 Å². The molecule has 1 N–H and O–H groups in total. The molecule has 2 rings (SSSR count). The second-order valence-corrected chi connectivity index (χ2v) is 7.44. The van der Waals surface area contributed by atoms with Crippen LogP contribution >= 0.6 is 0 Å². The Hall–Kier alpha value is -1.24. The Morgan fingerprint density at radius 1 is 1.11 bits per heavy atom. The van der Waals surface area contributed by atoms with Crippen molar-refractivity contribution in [3.63, 3.8) is 0 Å². The van der Waals surface area contributed by atoms with Gasteiger partial charge in [0.2, 0.25) is 10.0 Å². The third-order valence-electron chi connectivity index (χ3n) is 2.72. The Balaban J connectivity index is 2.35. The second-order valence-electron chi connectivity index (χ2n) is 4.15. The highest BCUT2D eigenvalue weighted by Gasteiger charge is 2.16. The van der Waals surface area contributed by atoms with E-state index in [1.54, 1.807) is 24.5 Å². The maximum absolute atomic E-state index is 12.2. The van der Waals surface area contributed by atoms with E-state index in [0.29, 0.717) is 11.1 Å². The van der Waals surface area contributed by atoms with E-state index in [9.17, 15) is 12.6 Å². The van der Waals surface area contributed by atoms with E-state index in [-0.39, 0.29) is 11.4 Å². The molecular weight excluding hydrogens is 282 g/mol. The molecule has 4 nitrogen and oxygen atoms in total. The number of nitrogens with one attached hydrogen (secondary N) is 1. The van der Waals surface area contributed by atoms with Crippen molar-refractivity contribution in [2.24, 2.45) is 0 Å². The lowest BCUT2D eigenvalue weighted by molar-refractivity contribution is 0.585. The molecule has 0 saturated carbocycles. The van der Waals surface area contributed by atoms with Gasteiger partial charge in [-0.3, -0.25) is 4.21 Å². The van der Waals surface area contributed by atoms with Gasteiger partial charge in [0.25, 0.3) is 0 Å². The fraction of sp³-hybridized carbons (Fsp3) is 0.231. The number of rotatable bonds is 5. The molecule has 2 aromatic carbocycles. The maximum Gasteiger partial charge on any atom is 0.241 e. The molecule has 2 aromatic rings. The van der Waals surface area contributed by atoms with Crippen LogP contribution in [0.3, 0.4) is 0 Å². The molecule has 19 heavy (non-hydrogen) atoms. The molecule has 102 valence electrons. The van der Waals surface area contributed by atoms with Gasteiger partial charge in [-0.15, -0.1) is 0 Å². The first-order chi connectivity index (χ1) is 9.00. The van der Waals surface area contributed by atoms with Crippen LogP contribution in [0.15, 0.2) is 47.4 Å². The van der Waals surface area contributed by atoms with Crippen molar-refractivity contribution in [2.75, 3.05) is 18.6 Å². The summed E-state index contributed by atoms with van der Waals surface area (Å²) in [5.41, 5.74) is 0. The molecule has 1 atom stereocenters. The molecule has 0 aliphatic heterocycles. The second kappa shape index (κ2) is 5.81. The Bertz CT molecular complexity index is 705. The Labute approximate surface area is 115 Å². The number of sulfonamides is 1. The zero-order valence-corrected chi connectivity index (χ0v) is 12.1. The van der Waals surface area contributed by atoms with Gasteiger partial charge < -0.3 is 0 Å². The number of benzene rings is 2. The van der Waals surface area contributed by atoms with Crippen LogP contribution in [0, 0.1) is 0 Å². The average molecular weight is 297 g/mol. The van der Waals surface area contributed by atoms with E-state index in [4.69, 9.17) is 0 Å². The molecule has 0 bridgehead atoms. The van der Waals surface area contributed by atoms with E-state index >= 15 is 0 Å². The quantitative estimate of drug-likeness (QED) is 0.909. The summed E-state index contributed by atoms with van der Waals surface area (Å²) in [5, 5.41) is 1.57. The van der Waals surface area contributed by atoms with E-state index in [1.807, 2.05) is 24.3 Å². The van der Waals surface area contributed by atoms with Crippen molar-refractivity contribution in [3.05, 3.63) is 42.5 Å². The topological polar surface area (TPSA) is 63.2 Å². The SMILES string of the molecule is C[S@@](=O)CCNS(=O)(=O)c1cccc2ccccc12. The average Bonchev–Trinajstić information content (AvgIpc) is 2.37. The lowest BCUT2D eigenvalue weighted by atomic mass is 10.1. The highest BCUT2D eigenvalue weighted by molar-refractivity contribution is 7.89. The number of hydrogen-bond donors (Lipinski definition) is 1. The fourth-order valence-electron chi connectivity index (χ4n) is 1.83. The van der Waals surface area contributed by atoms with Crippen LogP contribution in [0.5, 0.6) is 0 Å². The van der Waals surface area contributed by atoms with Gasteiger partial charge >= 0.3 is 0 Å². The van der Waals surface area contributed by atoms with Gasteiger partial charge in [0.1, 0.15) is 0 Å². The van der Waals surface area contributed by atoms with Crippen molar-refractivity contribution in [2.45, 2.75) is 4.90 Å². The molecule has 6 heteroatoms. The van der Waals surface area contributed by atoms with Crippen molar-refractivity contribution >= 4 is 31.6 Å². The van der Waals surface area contributed by atoms with Crippen molar-refractivity contribution in [1.29, 1.82) is 0 Å². The van der Waals surface area contributed by atoms with Crippen molar-refractivity contribution in [1.82, 2.24) is 4.72 Å². The highest BCUT2D eigenvalue weighted by Crippen LogP contribution is 2.22. The van der Waals surface area contributed by atoms with E-state index < -0.39 is 20.8 Å². The van der Waals surface area contributed by atoms with Gasteiger partial charge in [0.15, 0.2) is 0 Å². The lowest BCUT2D eigenvalue weighted by Crippen LogP contribution is -2.27. The predicted octanol–water partition coefficient (Wildman–Crippen LogP) is 1.50. The monoisotopic (exact) mass is 297 g/mol. The molecular formula is C13H15NO3S2. The summed E-state index contributed by atoms with van der Waals surface area (Å²) in [5.74, 6) is 0.310. The molecule has 0 saturated heterocycles. The summed E-state index contributed by atoms with van der Waals surface area (Å²) >= 11 is 0. The van der Waals surface area contributed by atoms with E-state index in [2.05, 4.69) is 4.72 Å². The smallest absolute Gasteiger partial charge is 0.241 e. The zero-order chi connectivity index (χ0) is 13.9. The summed E-state index contributed by atoms with van der Waals surface area (Å²) in [4.78, 5) is 0.257. The molecule has 0 fully saturated rings. The number of fused-ring (bicyclic) bond motifs is 1. The van der Waals surface area contributed by atoms with Gasteiger partial charge in [-0.2, -0.15) is 0 Å². The predicted molar refractivity (Wildman–Crippen MR) is 78.1 cm³/mol. The van der Waals surface area contributed by atoms with Gasteiger partial charge in [0, 0.05) is 34.7 Å². The lowest BCUT2D eigenvalue weighted by Gasteiger charge is -2.09. The minimum absolute atomic E-state index is 0.175. The first kappa shape index (κ1) is 14.2. The summed E-state index contributed by atoms with van der Waals surface area (Å²) < 4.78 is 37.9. The maximum atomic E-state index is 12.2.